The molecule has 0 N–H and O–H groups in total. The maximum Gasteiger partial charge on any atom is 0.314 e. The molecule has 0 aliphatic rings. The molecule has 2 radical (unpaired) electrons. The third-order valence-electron chi connectivity index (χ3n) is 3.31. The summed E-state index contributed by atoms with van der Waals surface area (Å²) in [5.74, 6) is -0.00360. The highest BCUT2D eigenvalue weighted by molar-refractivity contribution is 6.30. The Balaban J connectivity index is 3.04. The minimum atomic E-state index is -0.00360. The van der Waals surface area contributed by atoms with Gasteiger partial charge in [-0.15, -0.1) is 0 Å². The van der Waals surface area contributed by atoms with E-state index in [1.165, 1.54) is 64.2 Å². The monoisotopic (exact) mass is 284 g/mol. The van der Waals surface area contributed by atoms with Gasteiger partial charge in [0.15, 0.2) is 0 Å². The molecule has 0 aromatic heterocycles. The van der Waals surface area contributed by atoms with Gasteiger partial charge in [0, 0.05) is 6.42 Å². The van der Waals surface area contributed by atoms with Crippen LogP contribution in [0.3, 0.4) is 0 Å². The molecule has 0 amide bonds. The summed E-state index contributed by atoms with van der Waals surface area (Å²) in [6.45, 7) is 4.30. The summed E-state index contributed by atoms with van der Waals surface area (Å²) in [6.07, 6.45) is 15.1. The number of carbonyl (C=O) groups excluding carboxylic acids is 1. The first-order valence-electron chi connectivity index (χ1n) is 8.23. The summed E-state index contributed by atoms with van der Waals surface area (Å²) in [4.78, 5) is 11.2. The Morgan fingerprint density at radius 2 is 1.26 bits per heavy atom. The van der Waals surface area contributed by atoms with E-state index >= 15 is 0 Å². The van der Waals surface area contributed by atoms with Gasteiger partial charge in [-0.1, -0.05) is 78.1 Å². The molecular weight excluding hydrogens is 252 g/mol. The maximum absolute atomic E-state index is 11.2. The molecule has 0 heterocycles. The number of hydrogen-bond acceptors (Lipinski definition) is 2. The molecule has 0 rings (SSSR count). The van der Waals surface area contributed by atoms with Crippen LogP contribution >= 0.6 is 0 Å². The first-order valence-corrected chi connectivity index (χ1v) is 9.35. The van der Waals surface area contributed by atoms with Crippen molar-refractivity contribution in [3.8, 4) is 0 Å². The molecule has 3 heteroatoms. The SMILES string of the molecule is CCCCCCCCCCCCCC(=O)O[Si]CC. The van der Waals surface area contributed by atoms with Crippen molar-refractivity contribution in [2.24, 2.45) is 0 Å². The van der Waals surface area contributed by atoms with E-state index in [1.54, 1.807) is 0 Å². The van der Waals surface area contributed by atoms with Crippen LogP contribution < -0.4 is 0 Å². The smallest absolute Gasteiger partial charge is 0.314 e. The average Bonchev–Trinajstić information content (AvgIpc) is 2.42. The Kier molecular flexibility index (Phi) is 15.5. The molecule has 0 saturated carbocycles. The topological polar surface area (TPSA) is 26.3 Å². The molecule has 0 spiro atoms. The third-order valence-corrected chi connectivity index (χ3v) is 3.98. The lowest BCUT2D eigenvalue weighted by Gasteiger charge is -2.03. The zero-order chi connectivity index (χ0) is 14.2. The molecule has 0 bridgehead atoms. The largest absolute Gasteiger partial charge is 0.516 e. The summed E-state index contributed by atoms with van der Waals surface area (Å²) in [6, 6.07) is 0.948. The molecule has 0 saturated heterocycles. The fourth-order valence-corrected chi connectivity index (χ4v) is 2.54. The van der Waals surface area contributed by atoms with Gasteiger partial charge in [0.2, 0.25) is 0 Å². The van der Waals surface area contributed by atoms with E-state index in [1.807, 2.05) is 6.92 Å². The van der Waals surface area contributed by atoms with E-state index in [2.05, 4.69) is 6.92 Å². The van der Waals surface area contributed by atoms with E-state index in [0.717, 1.165) is 12.5 Å². The molecule has 112 valence electrons. The third kappa shape index (κ3) is 15.6. The van der Waals surface area contributed by atoms with Crippen LogP contribution in [0.1, 0.15) is 90.9 Å². The number of hydrogen-bond donors (Lipinski definition) is 0. The Morgan fingerprint density at radius 1 is 0.789 bits per heavy atom. The van der Waals surface area contributed by atoms with Gasteiger partial charge in [0.1, 0.15) is 0 Å². The average molecular weight is 285 g/mol. The quantitative estimate of drug-likeness (QED) is 0.320. The van der Waals surface area contributed by atoms with Gasteiger partial charge in [0.05, 0.1) is 0 Å². The highest BCUT2D eigenvalue weighted by Gasteiger charge is 2.02. The van der Waals surface area contributed by atoms with Crippen molar-refractivity contribution in [2.45, 2.75) is 96.9 Å². The van der Waals surface area contributed by atoms with Gasteiger partial charge < -0.3 is 4.43 Å². The predicted molar refractivity (Wildman–Crippen MR) is 83.4 cm³/mol. The summed E-state index contributed by atoms with van der Waals surface area (Å²) < 4.78 is 5.07. The van der Waals surface area contributed by atoms with Crippen LogP contribution in [0.25, 0.3) is 0 Å². The molecule has 0 aliphatic heterocycles. The van der Waals surface area contributed by atoms with E-state index < -0.39 is 0 Å². The minimum Gasteiger partial charge on any atom is -0.516 e. The first-order chi connectivity index (χ1) is 9.31. The van der Waals surface area contributed by atoms with Crippen LogP contribution in [0.5, 0.6) is 0 Å². The second-order valence-electron chi connectivity index (χ2n) is 5.26. The van der Waals surface area contributed by atoms with Gasteiger partial charge in [-0.3, -0.25) is 4.79 Å². The molecule has 0 fully saturated rings. The molecule has 0 atom stereocenters. The van der Waals surface area contributed by atoms with E-state index in [-0.39, 0.29) is 5.97 Å². The van der Waals surface area contributed by atoms with E-state index in [9.17, 15) is 4.79 Å². The zero-order valence-corrected chi connectivity index (χ0v) is 14.0. The van der Waals surface area contributed by atoms with Crippen LogP contribution in [-0.4, -0.2) is 15.7 Å². The molecule has 0 aromatic carbocycles. The highest BCUT2D eigenvalue weighted by Crippen LogP contribution is 2.12. The first kappa shape index (κ1) is 18.7. The minimum absolute atomic E-state index is 0.00360. The fraction of sp³-hybridized carbons (Fsp3) is 0.938. The summed E-state index contributed by atoms with van der Waals surface area (Å²) in [5, 5.41) is 0. The second kappa shape index (κ2) is 15.7. The fourth-order valence-electron chi connectivity index (χ4n) is 2.14. The van der Waals surface area contributed by atoms with Crippen molar-refractivity contribution in [2.75, 3.05) is 0 Å². The highest BCUT2D eigenvalue weighted by atomic mass is 28.2. The standard InChI is InChI=1S/C16H32O2Si/c1-3-5-6-7-8-9-10-11-12-13-14-15-16(17)18-19-4-2/h3-15H2,1-2H3. The van der Waals surface area contributed by atoms with Crippen molar-refractivity contribution >= 4 is 15.7 Å². The lowest BCUT2D eigenvalue weighted by atomic mass is 10.1. The van der Waals surface area contributed by atoms with E-state index in [0.29, 0.717) is 16.2 Å². The lowest BCUT2D eigenvalue weighted by Crippen LogP contribution is -2.07. The lowest BCUT2D eigenvalue weighted by molar-refractivity contribution is -0.134. The van der Waals surface area contributed by atoms with Crippen molar-refractivity contribution < 1.29 is 9.22 Å². The number of carbonyl (C=O) groups is 1. The summed E-state index contributed by atoms with van der Waals surface area (Å²) >= 11 is 0. The molecule has 19 heavy (non-hydrogen) atoms. The van der Waals surface area contributed by atoms with Crippen molar-refractivity contribution in [1.82, 2.24) is 0 Å². The zero-order valence-electron chi connectivity index (χ0n) is 13.0. The number of rotatable bonds is 14. The molecule has 0 unspecified atom stereocenters. The van der Waals surface area contributed by atoms with Gasteiger partial charge >= 0.3 is 9.76 Å². The van der Waals surface area contributed by atoms with E-state index in [4.69, 9.17) is 4.43 Å². The molecule has 2 nitrogen and oxygen atoms in total. The van der Waals surface area contributed by atoms with Crippen LogP contribution in [0.2, 0.25) is 6.04 Å². The Morgan fingerprint density at radius 3 is 1.74 bits per heavy atom. The normalized spacial score (nSPS) is 10.6. The van der Waals surface area contributed by atoms with Crippen LogP contribution in [-0.2, 0) is 9.22 Å². The number of unbranched alkanes of at least 4 members (excludes halogenated alkanes) is 10. The maximum atomic E-state index is 11.2. The summed E-state index contributed by atoms with van der Waals surface area (Å²) in [7, 11) is 0.357. The van der Waals surface area contributed by atoms with Crippen LogP contribution in [0.4, 0.5) is 0 Å². The Labute approximate surface area is 122 Å². The van der Waals surface area contributed by atoms with Gasteiger partial charge in [-0.25, -0.2) is 0 Å². The van der Waals surface area contributed by atoms with Crippen LogP contribution in [0, 0.1) is 0 Å². The van der Waals surface area contributed by atoms with Gasteiger partial charge in [-0.2, -0.15) is 0 Å². The van der Waals surface area contributed by atoms with Crippen molar-refractivity contribution in [3.63, 3.8) is 0 Å². The Bertz CT molecular complexity index is 195. The predicted octanol–water partition coefficient (Wildman–Crippen LogP) is 5.29. The molecular formula is C16H32O2Si. The van der Waals surface area contributed by atoms with Crippen molar-refractivity contribution in [1.29, 1.82) is 0 Å². The summed E-state index contributed by atoms with van der Waals surface area (Å²) in [5.41, 5.74) is 0. The van der Waals surface area contributed by atoms with Crippen molar-refractivity contribution in [3.05, 3.63) is 0 Å². The van der Waals surface area contributed by atoms with Gasteiger partial charge in [0.25, 0.3) is 5.97 Å². The molecule has 0 aromatic rings. The molecule has 0 aliphatic carbocycles. The second-order valence-corrected chi connectivity index (χ2v) is 6.46. The van der Waals surface area contributed by atoms with Gasteiger partial charge in [-0.05, 0) is 12.5 Å². The van der Waals surface area contributed by atoms with Crippen LogP contribution in [0.15, 0.2) is 0 Å². The Hall–Kier alpha value is -0.313.